The first-order valence-corrected chi connectivity index (χ1v) is 9.39. The highest BCUT2D eigenvalue weighted by atomic mass is 35.5. The maximum absolute atomic E-state index is 12.8. The lowest BCUT2D eigenvalue weighted by Gasteiger charge is -2.18. The third-order valence-corrected chi connectivity index (χ3v) is 5.01. The maximum Gasteiger partial charge on any atom is 0.293 e. The second-order valence-corrected chi connectivity index (χ2v) is 7.07. The first-order chi connectivity index (χ1) is 13.5. The third kappa shape index (κ3) is 6.04. The highest BCUT2D eigenvalue weighted by Gasteiger charge is 2.28. The van der Waals surface area contributed by atoms with Gasteiger partial charge in [-0.2, -0.15) is 0 Å². The van der Waals surface area contributed by atoms with E-state index in [-0.39, 0.29) is 42.5 Å². The molecule has 10 heteroatoms. The largest absolute Gasteiger partial charge is 0.371 e. The zero-order valence-electron chi connectivity index (χ0n) is 16.9. The molecule has 2 atom stereocenters. The van der Waals surface area contributed by atoms with Crippen molar-refractivity contribution < 1.29 is 9.72 Å². The number of rotatable bonds is 7. The Morgan fingerprint density at radius 2 is 2.10 bits per heavy atom. The molecule has 2 aromatic rings. The number of anilines is 1. The minimum absolute atomic E-state index is 0. The van der Waals surface area contributed by atoms with Crippen molar-refractivity contribution in [1.29, 1.82) is 0 Å². The van der Waals surface area contributed by atoms with Gasteiger partial charge in [-0.05, 0) is 57.1 Å². The average Bonchev–Trinajstić information content (AvgIpc) is 3.17. The van der Waals surface area contributed by atoms with Crippen LogP contribution in [0.4, 0.5) is 11.4 Å². The van der Waals surface area contributed by atoms with Crippen LogP contribution in [-0.2, 0) is 0 Å². The molecule has 30 heavy (non-hydrogen) atoms. The van der Waals surface area contributed by atoms with E-state index in [0.29, 0.717) is 30.3 Å². The van der Waals surface area contributed by atoms with Crippen LogP contribution < -0.4 is 10.6 Å². The molecule has 1 aromatic heterocycles. The van der Waals surface area contributed by atoms with E-state index in [4.69, 9.17) is 0 Å². The zero-order valence-corrected chi connectivity index (χ0v) is 18.5. The summed E-state index contributed by atoms with van der Waals surface area (Å²) in [7, 11) is 1.89. The predicted molar refractivity (Wildman–Crippen MR) is 122 cm³/mol. The number of nitro groups is 1. The number of benzene rings is 1. The van der Waals surface area contributed by atoms with Gasteiger partial charge in [-0.15, -0.1) is 24.8 Å². The fraction of sp³-hybridized carbons (Fsp3) is 0.400. The van der Waals surface area contributed by atoms with Gasteiger partial charge >= 0.3 is 0 Å². The molecule has 1 amide bonds. The minimum atomic E-state index is -0.460. The second-order valence-electron chi connectivity index (χ2n) is 7.07. The number of hydrogen-bond donors (Lipinski definition) is 2. The Balaban J connectivity index is 0.00000225. The highest BCUT2D eigenvalue weighted by molar-refractivity contribution is 5.96. The van der Waals surface area contributed by atoms with Crippen LogP contribution in [0.1, 0.15) is 35.4 Å². The molecule has 1 aromatic carbocycles. The molecular weight excluding hydrogens is 429 g/mol. The molecule has 0 bridgehead atoms. The molecular formula is C20H27Cl2N5O3. The number of likely N-dealkylation sites (tertiary alicyclic amines) is 1. The Kier molecular flexibility index (Phi) is 9.98. The van der Waals surface area contributed by atoms with Crippen LogP contribution in [0.2, 0.25) is 0 Å². The van der Waals surface area contributed by atoms with E-state index in [1.165, 1.54) is 6.07 Å². The summed E-state index contributed by atoms with van der Waals surface area (Å²) in [4.78, 5) is 29.9. The van der Waals surface area contributed by atoms with Gasteiger partial charge in [-0.3, -0.25) is 19.9 Å². The number of amides is 1. The predicted octanol–water partition coefficient (Wildman–Crippen LogP) is 3.69. The number of hydrogen-bond acceptors (Lipinski definition) is 6. The van der Waals surface area contributed by atoms with Crippen molar-refractivity contribution in [1.82, 2.24) is 15.2 Å². The first kappa shape index (κ1) is 25.6. The molecule has 164 valence electrons. The van der Waals surface area contributed by atoms with Gasteiger partial charge in [0.25, 0.3) is 11.6 Å². The van der Waals surface area contributed by atoms with Gasteiger partial charge in [0.15, 0.2) is 0 Å². The number of pyridine rings is 1. The number of carbonyl (C=O) groups is 1. The van der Waals surface area contributed by atoms with E-state index >= 15 is 0 Å². The standard InChI is InChI=1S/C20H25N5O3.2ClH/c1-14(17-5-3-4-9-22-17)23-18-7-6-16(11-19(18)25(27)28)20(26)24-10-8-15(13-24)12-21-2;;/h3-7,9,11,14-15,21,23H,8,10,12-13H2,1-2H3;2*1H. The number of aromatic nitrogens is 1. The van der Waals surface area contributed by atoms with Crippen molar-refractivity contribution in [3.8, 4) is 0 Å². The molecule has 2 heterocycles. The van der Waals surface area contributed by atoms with Crippen molar-refractivity contribution >= 4 is 42.1 Å². The summed E-state index contributed by atoms with van der Waals surface area (Å²) in [6, 6.07) is 9.95. The minimum Gasteiger partial charge on any atom is -0.371 e. The summed E-state index contributed by atoms with van der Waals surface area (Å²) in [5, 5.41) is 17.9. The lowest BCUT2D eigenvalue weighted by atomic mass is 10.1. The SMILES string of the molecule is CNCC1CCN(C(=O)c2ccc(NC(C)c3ccccn3)c([N+](=O)[O-])c2)C1.Cl.Cl. The molecule has 0 saturated carbocycles. The van der Waals surface area contributed by atoms with Crippen LogP contribution in [0, 0.1) is 16.0 Å². The Hall–Kier alpha value is -2.42. The molecule has 0 aliphatic carbocycles. The normalized spacial score (nSPS) is 16.2. The second kappa shape index (κ2) is 11.7. The first-order valence-electron chi connectivity index (χ1n) is 9.39. The van der Waals surface area contributed by atoms with Crippen LogP contribution in [0.3, 0.4) is 0 Å². The molecule has 3 rings (SSSR count). The Bertz CT molecular complexity index is 854. The molecule has 1 aliphatic heterocycles. The van der Waals surface area contributed by atoms with Gasteiger partial charge in [0.1, 0.15) is 5.69 Å². The lowest BCUT2D eigenvalue weighted by molar-refractivity contribution is -0.384. The smallest absolute Gasteiger partial charge is 0.293 e. The van der Waals surface area contributed by atoms with E-state index in [9.17, 15) is 14.9 Å². The Morgan fingerprint density at radius 3 is 2.73 bits per heavy atom. The van der Waals surface area contributed by atoms with Crippen molar-refractivity contribution in [2.75, 3.05) is 32.0 Å². The van der Waals surface area contributed by atoms with E-state index in [2.05, 4.69) is 15.6 Å². The summed E-state index contributed by atoms with van der Waals surface area (Å²) in [6.07, 6.45) is 2.62. The van der Waals surface area contributed by atoms with Crippen molar-refractivity contribution in [2.24, 2.45) is 5.92 Å². The van der Waals surface area contributed by atoms with Crippen molar-refractivity contribution in [2.45, 2.75) is 19.4 Å². The molecule has 0 spiro atoms. The molecule has 0 radical (unpaired) electrons. The van der Waals surface area contributed by atoms with E-state index in [1.54, 1.807) is 23.2 Å². The van der Waals surface area contributed by atoms with Crippen LogP contribution in [0.15, 0.2) is 42.6 Å². The topological polar surface area (TPSA) is 100 Å². The van der Waals surface area contributed by atoms with Gasteiger partial charge in [0.05, 0.1) is 16.7 Å². The lowest BCUT2D eigenvalue weighted by Crippen LogP contribution is -2.30. The summed E-state index contributed by atoms with van der Waals surface area (Å²) >= 11 is 0. The molecule has 1 aliphatic rings. The van der Waals surface area contributed by atoms with Crippen LogP contribution in [0.5, 0.6) is 0 Å². The molecule has 8 nitrogen and oxygen atoms in total. The number of nitro benzene ring substituents is 1. The highest BCUT2D eigenvalue weighted by Crippen LogP contribution is 2.30. The molecule has 1 saturated heterocycles. The van der Waals surface area contributed by atoms with Gasteiger partial charge in [-0.25, -0.2) is 0 Å². The molecule has 2 unspecified atom stereocenters. The molecule has 2 N–H and O–H groups in total. The third-order valence-electron chi connectivity index (χ3n) is 5.01. The van der Waals surface area contributed by atoms with Crippen LogP contribution in [0.25, 0.3) is 0 Å². The fourth-order valence-corrected chi connectivity index (χ4v) is 3.53. The zero-order chi connectivity index (χ0) is 20.1. The number of halogens is 2. The van der Waals surface area contributed by atoms with E-state index in [0.717, 1.165) is 18.7 Å². The van der Waals surface area contributed by atoms with Crippen molar-refractivity contribution in [3.05, 3.63) is 64.0 Å². The van der Waals surface area contributed by atoms with Crippen LogP contribution >= 0.6 is 24.8 Å². The van der Waals surface area contributed by atoms with Gasteiger partial charge in [-0.1, -0.05) is 6.07 Å². The number of nitrogens with one attached hydrogen (secondary N) is 2. The number of nitrogens with zero attached hydrogens (tertiary/aromatic N) is 3. The summed E-state index contributed by atoms with van der Waals surface area (Å²) in [6.45, 7) is 4.09. The van der Waals surface area contributed by atoms with Gasteiger partial charge in [0.2, 0.25) is 0 Å². The number of carbonyl (C=O) groups excluding carboxylic acids is 1. The van der Waals surface area contributed by atoms with Crippen LogP contribution in [-0.4, -0.2) is 47.4 Å². The Morgan fingerprint density at radius 1 is 1.33 bits per heavy atom. The quantitative estimate of drug-likeness (QED) is 0.487. The average molecular weight is 456 g/mol. The molecule has 1 fully saturated rings. The summed E-state index contributed by atoms with van der Waals surface area (Å²) < 4.78 is 0. The maximum atomic E-state index is 12.8. The van der Waals surface area contributed by atoms with E-state index in [1.807, 2.05) is 32.2 Å². The fourth-order valence-electron chi connectivity index (χ4n) is 3.53. The Labute approximate surface area is 188 Å². The monoisotopic (exact) mass is 455 g/mol. The van der Waals surface area contributed by atoms with Gasteiger partial charge in [0, 0.05) is 30.9 Å². The summed E-state index contributed by atoms with van der Waals surface area (Å²) in [5.41, 5.74) is 1.38. The summed E-state index contributed by atoms with van der Waals surface area (Å²) in [5.74, 6) is 0.259. The van der Waals surface area contributed by atoms with Crippen molar-refractivity contribution in [3.63, 3.8) is 0 Å². The van der Waals surface area contributed by atoms with E-state index < -0.39 is 4.92 Å². The van der Waals surface area contributed by atoms with Gasteiger partial charge < -0.3 is 15.5 Å².